The highest BCUT2D eigenvalue weighted by molar-refractivity contribution is 7.12. The molecule has 5 nitrogen and oxygen atoms in total. The second kappa shape index (κ2) is 6.32. The Balaban J connectivity index is 1.53. The normalized spacial score (nSPS) is 17.6. The van der Waals surface area contributed by atoms with Gasteiger partial charge in [0.05, 0.1) is 5.56 Å². The molecule has 0 unspecified atom stereocenters. The number of carbonyl (C=O) groups is 1. The highest BCUT2D eigenvalue weighted by Crippen LogP contribution is 2.38. The van der Waals surface area contributed by atoms with Crippen LogP contribution in [0.3, 0.4) is 0 Å². The van der Waals surface area contributed by atoms with E-state index in [1.54, 1.807) is 11.3 Å². The molecule has 136 valence electrons. The zero-order valence-electron chi connectivity index (χ0n) is 14.8. The molecular weight excluding hydrogens is 360 g/mol. The first-order valence-corrected chi connectivity index (χ1v) is 9.62. The average Bonchev–Trinajstić information content (AvgIpc) is 3.32. The van der Waals surface area contributed by atoms with Gasteiger partial charge in [-0.25, -0.2) is 0 Å². The molecule has 0 saturated heterocycles. The van der Waals surface area contributed by atoms with E-state index in [-0.39, 0.29) is 18.9 Å². The summed E-state index contributed by atoms with van der Waals surface area (Å²) >= 11 is 1.70. The Labute approximate surface area is 161 Å². The van der Waals surface area contributed by atoms with Gasteiger partial charge >= 0.3 is 0 Å². The van der Waals surface area contributed by atoms with Crippen molar-refractivity contribution in [3.05, 3.63) is 75.5 Å². The van der Waals surface area contributed by atoms with Crippen LogP contribution in [-0.2, 0) is 6.54 Å². The van der Waals surface area contributed by atoms with E-state index in [9.17, 15) is 4.79 Å². The van der Waals surface area contributed by atoms with Gasteiger partial charge in [0, 0.05) is 22.0 Å². The molecule has 5 rings (SSSR count). The highest BCUT2D eigenvalue weighted by atomic mass is 32.1. The lowest BCUT2D eigenvalue weighted by Crippen LogP contribution is -2.42. The molecule has 27 heavy (non-hydrogen) atoms. The van der Waals surface area contributed by atoms with E-state index in [4.69, 9.17) is 9.47 Å². The smallest absolute Gasteiger partial charge is 0.258 e. The predicted molar refractivity (Wildman–Crippen MR) is 104 cm³/mol. The quantitative estimate of drug-likeness (QED) is 0.726. The molecule has 3 heterocycles. The number of hydrogen-bond acceptors (Lipinski definition) is 5. The number of para-hydroxylation sites is 1. The molecule has 2 aliphatic heterocycles. The lowest BCUT2D eigenvalue weighted by molar-refractivity contribution is 0.0669. The number of carbonyl (C=O) groups excluding carboxylic acids is 1. The van der Waals surface area contributed by atoms with Gasteiger partial charge in [0.2, 0.25) is 6.79 Å². The summed E-state index contributed by atoms with van der Waals surface area (Å²) in [7, 11) is 0. The molecule has 2 aliphatic rings. The molecule has 6 heteroatoms. The molecule has 0 fully saturated rings. The van der Waals surface area contributed by atoms with Crippen LogP contribution in [0.25, 0.3) is 0 Å². The maximum absolute atomic E-state index is 13.3. The summed E-state index contributed by atoms with van der Waals surface area (Å²) in [6.07, 6.45) is -0.198. The Morgan fingerprint density at radius 3 is 2.81 bits per heavy atom. The summed E-state index contributed by atoms with van der Waals surface area (Å²) in [6.45, 7) is 2.81. The van der Waals surface area contributed by atoms with Crippen molar-refractivity contribution in [2.45, 2.75) is 19.6 Å². The van der Waals surface area contributed by atoms with E-state index < -0.39 is 0 Å². The molecule has 1 N–H and O–H groups in total. The molecular formula is C21H18N2O3S. The minimum absolute atomic E-state index is 0.0260. The third-order valence-electron chi connectivity index (χ3n) is 4.84. The Bertz CT molecular complexity index is 1030. The molecule has 3 aromatic rings. The van der Waals surface area contributed by atoms with Crippen molar-refractivity contribution >= 4 is 22.9 Å². The molecule has 0 bridgehead atoms. The fraction of sp³-hybridized carbons (Fsp3) is 0.190. The topological polar surface area (TPSA) is 50.8 Å². The SMILES string of the molecule is Cc1ccc([C@H]2Nc3ccccc3C(=O)N2Cc2ccc3c(c2)OCO3)s1. The van der Waals surface area contributed by atoms with Crippen LogP contribution in [-0.4, -0.2) is 17.6 Å². The van der Waals surface area contributed by atoms with Crippen molar-refractivity contribution < 1.29 is 14.3 Å². The van der Waals surface area contributed by atoms with Gasteiger partial charge in [-0.15, -0.1) is 11.3 Å². The zero-order valence-corrected chi connectivity index (χ0v) is 15.6. The van der Waals surface area contributed by atoms with E-state index in [0.717, 1.165) is 27.6 Å². The van der Waals surface area contributed by atoms with Crippen LogP contribution < -0.4 is 14.8 Å². The van der Waals surface area contributed by atoms with E-state index >= 15 is 0 Å². The Kier molecular flexibility index (Phi) is 3.79. The number of fused-ring (bicyclic) bond motifs is 2. The number of nitrogens with one attached hydrogen (secondary N) is 1. The van der Waals surface area contributed by atoms with Crippen molar-refractivity contribution in [2.24, 2.45) is 0 Å². The van der Waals surface area contributed by atoms with E-state index in [1.165, 1.54) is 4.88 Å². The summed E-state index contributed by atoms with van der Waals surface area (Å²) < 4.78 is 10.9. The van der Waals surface area contributed by atoms with Crippen molar-refractivity contribution in [2.75, 3.05) is 12.1 Å². The third-order valence-corrected chi connectivity index (χ3v) is 5.90. The van der Waals surface area contributed by atoms with E-state index in [1.807, 2.05) is 47.4 Å². The standard InChI is InChI=1S/C21H18N2O3S/c1-13-6-9-19(27-13)20-22-16-5-3-2-4-15(16)21(24)23(20)11-14-7-8-17-18(10-14)26-12-25-17/h2-10,20,22H,11-12H2,1H3/t20-/m0/s1. The summed E-state index contributed by atoms with van der Waals surface area (Å²) in [5, 5.41) is 3.54. The van der Waals surface area contributed by atoms with Crippen LogP contribution in [0.1, 0.15) is 31.8 Å². The number of anilines is 1. The van der Waals surface area contributed by atoms with Crippen LogP contribution in [0, 0.1) is 6.92 Å². The van der Waals surface area contributed by atoms with Gasteiger partial charge in [0.25, 0.3) is 5.91 Å². The average molecular weight is 378 g/mol. The number of amides is 1. The number of nitrogens with zero attached hydrogens (tertiary/aromatic N) is 1. The van der Waals surface area contributed by atoms with Gasteiger partial charge in [-0.1, -0.05) is 18.2 Å². The summed E-state index contributed by atoms with van der Waals surface area (Å²) in [4.78, 5) is 17.5. The summed E-state index contributed by atoms with van der Waals surface area (Å²) in [5.41, 5.74) is 2.58. The monoisotopic (exact) mass is 378 g/mol. The lowest BCUT2D eigenvalue weighted by Gasteiger charge is -2.37. The predicted octanol–water partition coefficient (Wildman–Crippen LogP) is 4.55. The Morgan fingerprint density at radius 2 is 1.96 bits per heavy atom. The second-order valence-corrected chi connectivity index (χ2v) is 7.98. The molecule has 0 aliphatic carbocycles. The number of thiophene rings is 1. The van der Waals surface area contributed by atoms with Gasteiger partial charge in [0.1, 0.15) is 6.17 Å². The van der Waals surface area contributed by atoms with Gasteiger partial charge in [0.15, 0.2) is 11.5 Å². The first kappa shape index (κ1) is 16.2. The molecule has 0 saturated carbocycles. The van der Waals surface area contributed by atoms with Crippen LogP contribution in [0.4, 0.5) is 5.69 Å². The van der Waals surface area contributed by atoms with E-state index in [2.05, 4.69) is 24.4 Å². The molecule has 0 radical (unpaired) electrons. The Hall–Kier alpha value is -2.99. The number of rotatable bonds is 3. The number of hydrogen-bond donors (Lipinski definition) is 1. The molecule has 2 aromatic carbocycles. The van der Waals surface area contributed by atoms with Gasteiger partial charge in [-0.2, -0.15) is 0 Å². The van der Waals surface area contributed by atoms with Crippen molar-refractivity contribution in [1.29, 1.82) is 0 Å². The molecule has 0 spiro atoms. The fourth-order valence-corrected chi connectivity index (χ4v) is 4.46. The van der Waals surface area contributed by atoms with Crippen molar-refractivity contribution in [3.63, 3.8) is 0 Å². The first-order chi connectivity index (χ1) is 13.2. The van der Waals surface area contributed by atoms with Crippen LogP contribution >= 0.6 is 11.3 Å². The summed E-state index contributed by atoms with van der Waals surface area (Å²) in [5.74, 6) is 1.50. The van der Waals surface area contributed by atoms with Gasteiger partial charge < -0.3 is 19.7 Å². The third kappa shape index (κ3) is 2.82. The van der Waals surface area contributed by atoms with Crippen molar-refractivity contribution in [3.8, 4) is 11.5 Å². The Morgan fingerprint density at radius 1 is 1.11 bits per heavy atom. The fourth-order valence-electron chi connectivity index (χ4n) is 3.52. The zero-order chi connectivity index (χ0) is 18.4. The largest absolute Gasteiger partial charge is 0.454 e. The van der Waals surface area contributed by atoms with Crippen LogP contribution in [0.15, 0.2) is 54.6 Å². The first-order valence-electron chi connectivity index (χ1n) is 8.80. The number of benzene rings is 2. The number of aryl methyl sites for hydroxylation is 1. The van der Waals surface area contributed by atoms with Crippen LogP contribution in [0.2, 0.25) is 0 Å². The minimum Gasteiger partial charge on any atom is -0.454 e. The second-order valence-electron chi connectivity index (χ2n) is 6.66. The van der Waals surface area contributed by atoms with Crippen molar-refractivity contribution in [1.82, 2.24) is 4.90 Å². The number of ether oxygens (including phenoxy) is 2. The molecule has 1 atom stereocenters. The van der Waals surface area contributed by atoms with E-state index in [0.29, 0.717) is 12.1 Å². The summed E-state index contributed by atoms with van der Waals surface area (Å²) in [6, 6.07) is 17.7. The molecule has 1 amide bonds. The van der Waals surface area contributed by atoms with Gasteiger partial charge in [-0.05, 0) is 48.9 Å². The molecule has 1 aromatic heterocycles. The van der Waals surface area contributed by atoms with Crippen LogP contribution in [0.5, 0.6) is 11.5 Å². The van der Waals surface area contributed by atoms with Gasteiger partial charge in [-0.3, -0.25) is 4.79 Å². The maximum Gasteiger partial charge on any atom is 0.258 e. The maximum atomic E-state index is 13.3. The highest BCUT2D eigenvalue weighted by Gasteiger charge is 2.33. The lowest BCUT2D eigenvalue weighted by atomic mass is 10.1. The minimum atomic E-state index is -0.198.